The van der Waals surface area contributed by atoms with Crippen LogP contribution in [0.3, 0.4) is 0 Å². The molecule has 0 unspecified atom stereocenters. The van der Waals surface area contributed by atoms with E-state index in [9.17, 15) is 9.18 Å². The molecule has 1 heterocycles. The number of carbonyl (C=O) groups is 1. The molecule has 0 aliphatic carbocycles. The normalized spacial score (nSPS) is 10.8. The van der Waals surface area contributed by atoms with Gasteiger partial charge in [-0.25, -0.2) is 9.07 Å². The number of hydrogen-bond acceptors (Lipinski definition) is 2. The Bertz CT molecular complexity index is 592. The summed E-state index contributed by atoms with van der Waals surface area (Å²) in [6, 6.07) is 7.81. The number of nitrogens with zero attached hydrogens (tertiary/aromatic N) is 2. The fraction of sp³-hybridized carbons (Fsp3) is 0.333. The van der Waals surface area contributed by atoms with Crippen molar-refractivity contribution in [2.45, 2.75) is 26.8 Å². The third-order valence-electron chi connectivity index (χ3n) is 2.78. The van der Waals surface area contributed by atoms with Crippen LogP contribution in [0.25, 0.3) is 0 Å². The molecule has 0 saturated heterocycles. The minimum Gasteiger partial charge on any atom is -0.311 e. The molecular formula is C15H18FN3O. The van der Waals surface area contributed by atoms with E-state index in [1.165, 1.54) is 12.1 Å². The summed E-state index contributed by atoms with van der Waals surface area (Å²) in [7, 11) is 0. The van der Waals surface area contributed by atoms with Gasteiger partial charge < -0.3 is 5.32 Å². The average Bonchev–Trinajstić information content (AvgIpc) is 2.75. The molecule has 0 atom stereocenters. The highest BCUT2D eigenvalue weighted by Crippen LogP contribution is 2.11. The van der Waals surface area contributed by atoms with E-state index in [0.717, 1.165) is 6.54 Å². The second kappa shape index (κ2) is 6.32. The predicted octanol–water partition coefficient (Wildman–Crippen LogP) is 2.86. The van der Waals surface area contributed by atoms with Crippen LogP contribution in [0.15, 0.2) is 36.5 Å². The molecule has 0 aliphatic heterocycles. The Morgan fingerprint density at radius 3 is 2.90 bits per heavy atom. The number of amides is 1. The van der Waals surface area contributed by atoms with Gasteiger partial charge in [0, 0.05) is 12.6 Å². The van der Waals surface area contributed by atoms with Crippen molar-refractivity contribution in [3.63, 3.8) is 0 Å². The standard InChI is InChI=1S/C15H18FN3O/c1-11(2)10-19-14(6-7-17-19)18-15(20)9-12-4-3-5-13(16)8-12/h3-8,11H,9-10H2,1-2H3,(H,18,20). The summed E-state index contributed by atoms with van der Waals surface area (Å²) >= 11 is 0. The van der Waals surface area contributed by atoms with E-state index in [1.54, 1.807) is 29.1 Å². The fourth-order valence-electron chi connectivity index (χ4n) is 1.95. The van der Waals surface area contributed by atoms with Crippen LogP contribution in [-0.2, 0) is 17.8 Å². The second-order valence-corrected chi connectivity index (χ2v) is 5.15. The maximum absolute atomic E-state index is 13.1. The third-order valence-corrected chi connectivity index (χ3v) is 2.78. The van der Waals surface area contributed by atoms with Crippen molar-refractivity contribution in [1.82, 2.24) is 9.78 Å². The highest BCUT2D eigenvalue weighted by molar-refractivity contribution is 5.91. The van der Waals surface area contributed by atoms with Crippen molar-refractivity contribution >= 4 is 11.7 Å². The summed E-state index contributed by atoms with van der Waals surface area (Å²) in [4.78, 5) is 12.0. The van der Waals surface area contributed by atoms with E-state index >= 15 is 0 Å². The minimum absolute atomic E-state index is 0.143. The number of halogens is 1. The summed E-state index contributed by atoms with van der Waals surface area (Å²) in [5.41, 5.74) is 0.650. The summed E-state index contributed by atoms with van der Waals surface area (Å²) in [5.74, 6) is 0.593. The van der Waals surface area contributed by atoms with Gasteiger partial charge in [0.15, 0.2) is 0 Å². The van der Waals surface area contributed by atoms with E-state index < -0.39 is 0 Å². The SMILES string of the molecule is CC(C)Cn1nccc1NC(=O)Cc1cccc(F)c1. The Morgan fingerprint density at radius 2 is 2.20 bits per heavy atom. The molecule has 5 heteroatoms. The number of anilines is 1. The molecule has 0 aliphatic rings. The molecule has 20 heavy (non-hydrogen) atoms. The van der Waals surface area contributed by atoms with Crippen molar-refractivity contribution in [2.24, 2.45) is 5.92 Å². The molecule has 0 bridgehead atoms. The van der Waals surface area contributed by atoms with Crippen LogP contribution < -0.4 is 5.32 Å². The molecule has 4 nitrogen and oxygen atoms in total. The molecular weight excluding hydrogens is 257 g/mol. The van der Waals surface area contributed by atoms with Crippen molar-refractivity contribution in [1.29, 1.82) is 0 Å². The van der Waals surface area contributed by atoms with Crippen LogP contribution in [0.5, 0.6) is 0 Å². The molecule has 2 aromatic rings. The van der Waals surface area contributed by atoms with E-state index in [1.807, 2.05) is 0 Å². The molecule has 0 fully saturated rings. The van der Waals surface area contributed by atoms with Gasteiger partial charge in [0.2, 0.25) is 5.91 Å². The lowest BCUT2D eigenvalue weighted by molar-refractivity contribution is -0.115. The first-order valence-corrected chi connectivity index (χ1v) is 6.60. The minimum atomic E-state index is -0.333. The Hall–Kier alpha value is -2.17. The Kier molecular flexibility index (Phi) is 4.50. The van der Waals surface area contributed by atoms with Crippen LogP contribution in [0, 0.1) is 11.7 Å². The second-order valence-electron chi connectivity index (χ2n) is 5.15. The van der Waals surface area contributed by atoms with Crippen LogP contribution in [0.2, 0.25) is 0 Å². The van der Waals surface area contributed by atoms with Crippen LogP contribution in [0.4, 0.5) is 10.2 Å². The number of rotatable bonds is 5. The lowest BCUT2D eigenvalue weighted by Crippen LogP contribution is -2.18. The van der Waals surface area contributed by atoms with Gasteiger partial charge in [-0.2, -0.15) is 5.10 Å². The van der Waals surface area contributed by atoms with Gasteiger partial charge in [0.25, 0.3) is 0 Å². The fourth-order valence-corrected chi connectivity index (χ4v) is 1.95. The van der Waals surface area contributed by atoms with Gasteiger partial charge in [-0.15, -0.1) is 0 Å². The summed E-state index contributed by atoms with van der Waals surface area (Å²) < 4.78 is 14.8. The first-order valence-electron chi connectivity index (χ1n) is 6.60. The Balaban J connectivity index is 2.00. The third kappa shape index (κ3) is 3.91. The molecule has 2 rings (SSSR count). The van der Waals surface area contributed by atoms with Crippen molar-refractivity contribution in [2.75, 3.05) is 5.32 Å². The molecule has 0 radical (unpaired) electrons. The van der Waals surface area contributed by atoms with Gasteiger partial charge in [-0.1, -0.05) is 26.0 Å². The maximum atomic E-state index is 13.1. The number of aromatic nitrogens is 2. The molecule has 1 aromatic carbocycles. The molecule has 106 valence electrons. The van der Waals surface area contributed by atoms with Crippen LogP contribution >= 0.6 is 0 Å². The topological polar surface area (TPSA) is 46.9 Å². The van der Waals surface area contributed by atoms with Gasteiger partial charge in [0.1, 0.15) is 11.6 Å². The molecule has 1 amide bonds. The summed E-state index contributed by atoms with van der Waals surface area (Å²) in [6.45, 7) is 4.91. The zero-order valence-corrected chi connectivity index (χ0v) is 11.6. The Morgan fingerprint density at radius 1 is 1.40 bits per heavy atom. The molecule has 1 aromatic heterocycles. The molecule has 0 saturated carbocycles. The highest BCUT2D eigenvalue weighted by Gasteiger charge is 2.09. The first-order chi connectivity index (χ1) is 9.54. The van der Waals surface area contributed by atoms with Gasteiger partial charge in [-0.3, -0.25) is 4.79 Å². The Labute approximate surface area is 117 Å². The van der Waals surface area contributed by atoms with E-state index in [-0.39, 0.29) is 18.1 Å². The zero-order valence-electron chi connectivity index (χ0n) is 11.6. The first kappa shape index (κ1) is 14.2. The molecule has 0 spiro atoms. The number of nitrogens with one attached hydrogen (secondary N) is 1. The largest absolute Gasteiger partial charge is 0.311 e. The zero-order chi connectivity index (χ0) is 14.5. The number of hydrogen-bond donors (Lipinski definition) is 1. The van der Waals surface area contributed by atoms with Gasteiger partial charge in [-0.05, 0) is 23.6 Å². The average molecular weight is 275 g/mol. The van der Waals surface area contributed by atoms with Crippen LogP contribution in [0.1, 0.15) is 19.4 Å². The predicted molar refractivity (Wildman–Crippen MR) is 75.8 cm³/mol. The van der Waals surface area contributed by atoms with Crippen molar-refractivity contribution in [3.8, 4) is 0 Å². The summed E-state index contributed by atoms with van der Waals surface area (Å²) in [5, 5.41) is 6.98. The smallest absolute Gasteiger partial charge is 0.229 e. The number of benzene rings is 1. The lowest BCUT2D eigenvalue weighted by atomic mass is 10.1. The van der Waals surface area contributed by atoms with Crippen molar-refractivity contribution in [3.05, 3.63) is 47.9 Å². The maximum Gasteiger partial charge on any atom is 0.229 e. The summed E-state index contributed by atoms with van der Waals surface area (Å²) in [6.07, 6.45) is 1.80. The quantitative estimate of drug-likeness (QED) is 0.912. The lowest BCUT2D eigenvalue weighted by Gasteiger charge is -2.11. The van der Waals surface area contributed by atoms with E-state index in [0.29, 0.717) is 17.3 Å². The van der Waals surface area contributed by atoms with E-state index in [2.05, 4.69) is 24.3 Å². The van der Waals surface area contributed by atoms with Gasteiger partial charge >= 0.3 is 0 Å². The monoisotopic (exact) mass is 275 g/mol. The van der Waals surface area contributed by atoms with Crippen LogP contribution in [-0.4, -0.2) is 15.7 Å². The number of carbonyl (C=O) groups excluding carboxylic acids is 1. The van der Waals surface area contributed by atoms with E-state index in [4.69, 9.17) is 0 Å². The highest BCUT2D eigenvalue weighted by atomic mass is 19.1. The van der Waals surface area contributed by atoms with Crippen molar-refractivity contribution < 1.29 is 9.18 Å². The molecule has 1 N–H and O–H groups in total. The van der Waals surface area contributed by atoms with Gasteiger partial charge in [0.05, 0.1) is 12.6 Å².